The number of nitrogens with zero attached hydrogens (tertiary/aromatic N) is 1. The predicted molar refractivity (Wildman–Crippen MR) is 72.0 cm³/mol. The van der Waals surface area contributed by atoms with Crippen LogP contribution in [0.2, 0.25) is 0 Å². The monoisotopic (exact) mass is 282 g/mol. The van der Waals surface area contributed by atoms with Gasteiger partial charge in [0.05, 0.1) is 18.8 Å². The van der Waals surface area contributed by atoms with E-state index in [9.17, 15) is 4.79 Å². The molecule has 20 heavy (non-hydrogen) atoms. The Morgan fingerprint density at radius 2 is 1.95 bits per heavy atom. The maximum Gasteiger partial charge on any atom is 0.292 e. The number of amides is 1. The van der Waals surface area contributed by atoms with Gasteiger partial charge in [-0.15, -0.1) is 0 Å². The fourth-order valence-electron chi connectivity index (χ4n) is 3.06. The van der Waals surface area contributed by atoms with Crippen molar-refractivity contribution >= 4 is 5.91 Å². The average molecular weight is 282 g/mol. The Hall–Kier alpha value is -1.27. The minimum absolute atomic E-state index is 0.0663. The van der Waals surface area contributed by atoms with E-state index in [1.165, 1.54) is 0 Å². The molecule has 0 aromatic carbocycles. The van der Waals surface area contributed by atoms with Gasteiger partial charge in [-0.3, -0.25) is 4.79 Å². The largest absolute Gasteiger partial charge is 0.491 e. The molecule has 1 amide bonds. The third-order valence-corrected chi connectivity index (χ3v) is 4.21. The SMILES string of the molecule is CC1=C(C(=O)N2CCOC3(CCNCC3)C2)OCCO1. The maximum absolute atomic E-state index is 12.6. The highest BCUT2D eigenvalue weighted by molar-refractivity contribution is 5.92. The summed E-state index contributed by atoms with van der Waals surface area (Å²) in [7, 11) is 0. The van der Waals surface area contributed by atoms with E-state index in [1.54, 1.807) is 6.92 Å². The lowest BCUT2D eigenvalue weighted by molar-refractivity contribution is -0.156. The number of carbonyl (C=O) groups is 1. The van der Waals surface area contributed by atoms with Gasteiger partial charge in [-0.05, 0) is 32.9 Å². The Labute approximate surface area is 119 Å². The molecule has 0 aromatic heterocycles. The van der Waals surface area contributed by atoms with E-state index in [0.29, 0.717) is 44.4 Å². The van der Waals surface area contributed by atoms with Crippen molar-refractivity contribution in [2.24, 2.45) is 0 Å². The van der Waals surface area contributed by atoms with Crippen molar-refractivity contribution in [1.29, 1.82) is 0 Å². The molecule has 6 nitrogen and oxygen atoms in total. The van der Waals surface area contributed by atoms with Crippen LogP contribution in [0.25, 0.3) is 0 Å². The molecule has 0 aromatic rings. The molecule has 112 valence electrons. The Balaban J connectivity index is 1.71. The van der Waals surface area contributed by atoms with Crippen LogP contribution in [-0.2, 0) is 19.0 Å². The summed E-state index contributed by atoms with van der Waals surface area (Å²) in [5.41, 5.74) is -0.177. The molecular formula is C14H22N2O4. The summed E-state index contributed by atoms with van der Waals surface area (Å²) >= 11 is 0. The van der Waals surface area contributed by atoms with Crippen molar-refractivity contribution in [2.45, 2.75) is 25.4 Å². The van der Waals surface area contributed by atoms with Gasteiger partial charge in [-0.1, -0.05) is 0 Å². The number of ether oxygens (including phenoxy) is 3. The third kappa shape index (κ3) is 2.62. The molecule has 0 radical (unpaired) electrons. The fourth-order valence-corrected chi connectivity index (χ4v) is 3.06. The van der Waals surface area contributed by atoms with Gasteiger partial charge in [-0.25, -0.2) is 0 Å². The smallest absolute Gasteiger partial charge is 0.292 e. The van der Waals surface area contributed by atoms with Crippen LogP contribution in [-0.4, -0.2) is 62.4 Å². The molecule has 2 saturated heterocycles. The molecule has 2 fully saturated rings. The van der Waals surface area contributed by atoms with Gasteiger partial charge in [0.25, 0.3) is 5.91 Å². The number of carbonyl (C=O) groups excluding carboxylic acids is 1. The minimum atomic E-state index is -0.177. The van der Waals surface area contributed by atoms with Crippen LogP contribution >= 0.6 is 0 Å². The number of morpholine rings is 1. The zero-order valence-corrected chi connectivity index (χ0v) is 11.9. The van der Waals surface area contributed by atoms with Crippen molar-refractivity contribution in [2.75, 3.05) is 46.0 Å². The van der Waals surface area contributed by atoms with Crippen LogP contribution in [0.4, 0.5) is 0 Å². The fraction of sp³-hybridized carbons (Fsp3) is 0.786. The van der Waals surface area contributed by atoms with E-state index in [1.807, 2.05) is 4.90 Å². The molecular weight excluding hydrogens is 260 g/mol. The van der Waals surface area contributed by atoms with Gasteiger partial charge in [0.1, 0.15) is 19.0 Å². The van der Waals surface area contributed by atoms with E-state index in [4.69, 9.17) is 14.2 Å². The number of piperidine rings is 1. The molecule has 0 aliphatic carbocycles. The molecule has 0 atom stereocenters. The lowest BCUT2D eigenvalue weighted by Gasteiger charge is -2.45. The van der Waals surface area contributed by atoms with Crippen LogP contribution in [0.5, 0.6) is 0 Å². The number of hydrogen-bond donors (Lipinski definition) is 1. The lowest BCUT2D eigenvalue weighted by Crippen LogP contribution is -2.57. The van der Waals surface area contributed by atoms with Crippen LogP contribution in [0, 0.1) is 0 Å². The molecule has 3 rings (SSSR count). The topological polar surface area (TPSA) is 60.0 Å². The van der Waals surface area contributed by atoms with Gasteiger partial charge in [0.2, 0.25) is 5.76 Å². The first kappa shape index (κ1) is 13.7. The van der Waals surface area contributed by atoms with Crippen molar-refractivity contribution in [1.82, 2.24) is 10.2 Å². The molecule has 0 saturated carbocycles. The van der Waals surface area contributed by atoms with E-state index in [-0.39, 0.29) is 11.5 Å². The second-order valence-corrected chi connectivity index (χ2v) is 5.59. The van der Waals surface area contributed by atoms with E-state index >= 15 is 0 Å². The van der Waals surface area contributed by atoms with Crippen molar-refractivity contribution in [3.8, 4) is 0 Å². The maximum atomic E-state index is 12.6. The van der Waals surface area contributed by atoms with Crippen LogP contribution < -0.4 is 5.32 Å². The molecule has 3 heterocycles. The van der Waals surface area contributed by atoms with Gasteiger partial charge in [-0.2, -0.15) is 0 Å². The molecule has 0 bridgehead atoms. The molecule has 1 spiro atoms. The van der Waals surface area contributed by atoms with Crippen molar-refractivity contribution in [3.63, 3.8) is 0 Å². The van der Waals surface area contributed by atoms with Gasteiger partial charge >= 0.3 is 0 Å². The third-order valence-electron chi connectivity index (χ3n) is 4.21. The number of nitrogens with one attached hydrogen (secondary N) is 1. The summed E-state index contributed by atoms with van der Waals surface area (Å²) < 4.78 is 16.9. The van der Waals surface area contributed by atoms with E-state index in [2.05, 4.69) is 5.32 Å². The van der Waals surface area contributed by atoms with Crippen molar-refractivity contribution < 1.29 is 19.0 Å². The van der Waals surface area contributed by atoms with Gasteiger partial charge < -0.3 is 24.4 Å². The van der Waals surface area contributed by atoms with Gasteiger partial charge in [0.15, 0.2) is 0 Å². The lowest BCUT2D eigenvalue weighted by atomic mass is 9.90. The molecule has 3 aliphatic heterocycles. The molecule has 6 heteroatoms. The summed E-state index contributed by atoms with van der Waals surface area (Å²) in [6, 6.07) is 0. The summed E-state index contributed by atoms with van der Waals surface area (Å²) in [6.45, 7) is 6.50. The Morgan fingerprint density at radius 3 is 2.70 bits per heavy atom. The normalized spacial score (nSPS) is 26.1. The quantitative estimate of drug-likeness (QED) is 0.747. The number of rotatable bonds is 1. The number of allylic oxidation sites excluding steroid dienone is 1. The van der Waals surface area contributed by atoms with Crippen molar-refractivity contribution in [3.05, 3.63) is 11.5 Å². The summed E-state index contributed by atoms with van der Waals surface area (Å²) in [4.78, 5) is 14.4. The van der Waals surface area contributed by atoms with Crippen LogP contribution in [0.15, 0.2) is 11.5 Å². The summed E-state index contributed by atoms with van der Waals surface area (Å²) in [5, 5.41) is 3.33. The molecule has 3 aliphatic rings. The Morgan fingerprint density at radius 1 is 1.20 bits per heavy atom. The van der Waals surface area contributed by atoms with Crippen LogP contribution in [0.3, 0.4) is 0 Å². The second kappa shape index (κ2) is 5.61. The van der Waals surface area contributed by atoms with E-state index < -0.39 is 0 Å². The minimum Gasteiger partial charge on any atom is -0.491 e. The first-order valence-electron chi connectivity index (χ1n) is 7.31. The highest BCUT2D eigenvalue weighted by atomic mass is 16.6. The summed E-state index contributed by atoms with van der Waals surface area (Å²) in [5.74, 6) is 0.887. The van der Waals surface area contributed by atoms with Gasteiger partial charge in [0, 0.05) is 6.54 Å². The second-order valence-electron chi connectivity index (χ2n) is 5.59. The standard InChI is InChI=1S/C14H22N2O4/c1-11-12(19-9-8-18-11)13(17)16-6-7-20-14(10-16)2-4-15-5-3-14/h15H,2-10H2,1H3. The Kier molecular flexibility index (Phi) is 3.85. The first-order valence-corrected chi connectivity index (χ1v) is 7.31. The number of hydrogen-bond acceptors (Lipinski definition) is 5. The zero-order chi connectivity index (χ0) is 14.0. The summed E-state index contributed by atoms with van der Waals surface area (Å²) in [6.07, 6.45) is 1.90. The average Bonchev–Trinajstić information content (AvgIpc) is 2.48. The first-order chi connectivity index (χ1) is 9.70. The highest BCUT2D eigenvalue weighted by Crippen LogP contribution is 2.28. The highest BCUT2D eigenvalue weighted by Gasteiger charge is 2.40. The zero-order valence-electron chi connectivity index (χ0n) is 11.9. The van der Waals surface area contributed by atoms with Crippen LogP contribution in [0.1, 0.15) is 19.8 Å². The molecule has 0 unspecified atom stereocenters. The predicted octanol–water partition coefficient (Wildman–Crippen LogP) is 0.246. The Bertz CT molecular complexity index is 410. The molecule has 1 N–H and O–H groups in total. The van der Waals surface area contributed by atoms with E-state index in [0.717, 1.165) is 25.9 Å².